The van der Waals surface area contributed by atoms with Crippen LogP contribution in [-0.2, 0) is 9.47 Å². The minimum absolute atomic E-state index is 0.00977. The van der Waals surface area contributed by atoms with E-state index in [1.807, 2.05) is 12.1 Å². The summed E-state index contributed by atoms with van der Waals surface area (Å²) in [6.45, 7) is 0.294. The molecule has 0 saturated carbocycles. The van der Waals surface area contributed by atoms with Crippen LogP contribution in [0.3, 0.4) is 0 Å². The molecule has 2 rings (SSSR count). The first-order chi connectivity index (χ1) is 7.77. The van der Waals surface area contributed by atoms with Crippen molar-refractivity contribution < 1.29 is 19.0 Å². The van der Waals surface area contributed by atoms with Gasteiger partial charge in [0, 0.05) is 14.2 Å². The Balaban J connectivity index is 2.27. The summed E-state index contributed by atoms with van der Waals surface area (Å²) in [7, 11) is 3.03. The van der Waals surface area contributed by atoms with Crippen LogP contribution in [0.4, 0.5) is 0 Å². The molecule has 0 radical (unpaired) electrons. The van der Waals surface area contributed by atoms with Crippen molar-refractivity contribution in [3.8, 4) is 5.75 Å². The summed E-state index contributed by atoms with van der Waals surface area (Å²) in [5, 5.41) is 0. The Bertz CT molecular complexity index is 384. The number of fused-ring (bicyclic) bond motifs is 1. The molecule has 1 aromatic rings. The van der Waals surface area contributed by atoms with Crippen LogP contribution in [-0.4, -0.2) is 32.9 Å². The first-order valence-electron chi connectivity index (χ1n) is 5.09. The van der Waals surface area contributed by atoms with Crippen molar-refractivity contribution in [2.75, 3.05) is 20.8 Å². The molecule has 1 aliphatic heterocycles. The van der Waals surface area contributed by atoms with Crippen molar-refractivity contribution >= 4 is 5.78 Å². The SMILES string of the molecule is COC(OC)C1COc2ccccc2C1=O. The number of methoxy groups -OCH3 is 2. The summed E-state index contributed by atoms with van der Waals surface area (Å²) >= 11 is 0. The van der Waals surface area contributed by atoms with E-state index in [-0.39, 0.29) is 5.78 Å². The van der Waals surface area contributed by atoms with Crippen molar-refractivity contribution in [2.45, 2.75) is 6.29 Å². The number of carbonyl (C=O) groups is 1. The van der Waals surface area contributed by atoms with E-state index < -0.39 is 12.2 Å². The van der Waals surface area contributed by atoms with E-state index in [0.717, 1.165) is 0 Å². The van der Waals surface area contributed by atoms with Crippen LogP contribution in [0.1, 0.15) is 10.4 Å². The lowest BCUT2D eigenvalue weighted by Gasteiger charge is -2.28. The number of rotatable bonds is 3. The minimum Gasteiger partial charge on any atom is -0.492 e. The number of benzene rings is 1. The van der Waals surface area contributed by atoms with Gasteiger partial charge in [-0.25, -0.2) is 0 Å². The van der Waals surface area contributed by atoms with Gasteiger partial charge in [-0.2, -0.15) is 0 Å². The molecule has 16 heavy (non-hydrogen) atoms. The molecule has 86 valence electrons. The van der Waals surface area contributed by atoms with Crippen LogP contribution >= 0.6 is 0 Å². The fourth-order valence-corrected chi connectivity index (χ4v) is 1.88. The number of Topliss-reactive ketones (excluding diaryl/α,β-unsaturated/α-hetero) is 1. The van der Waals surface area contributed by atoms with E-state index >= 15 is 0 Å². The molecule has 0 aliphatic carbocycles. The smallest absolute Gasteiger partial charge is 0.178 e. The lowest BCUT2D eigenvalue weighted by Crippen LogP contribution is -2.39. The third-order valence-electron chi connectivity index (χ3n) is 2.70. The third-order valence-corrected chi connectivity index (χ3v) is 2.70. The maximum Gasteiger partial charge on any atom is 0.178 e. The highest BCUT2D eigenvalue weighted by atomic mass is 16.7. The zero-order valence-corrected chi connectivity index (χ0v) is 9.30. The number of ether oxygens (including phenoxy) is 3. The van der Waals surface area contributed by atoms with Crippen LogP contribution in [0.25, 0.3) is 0 Å². The van der Waals surface area contributed by atoms with Gasteiger partial charge < -0.3 is 14.2 Å². The van der Waals surface area contributed by atoms with E-state index in [0.29, 0.717) is 17.9 Å². The van der Waals surface area contributed by atoms with Gasteiger partial charge in [0.15, 0.2) is 12.1 Å². The largest absolute Gasteiger partial charge is 0.492 e. The molecule has 0 spiro atoms. The molecule has 0 fully saturated rings. The second kappa shape index (κ2) is 4.63. The zero-order valence-electron chi connectivity index (χ0n) is 9.30. The van der Waals surface area contributed by atoms with Crippen molar-refractivity contribution in [3.05, 3.63) is 29.8 Å². The Morgan fingerprint density at radius 3 is 2.69 bits per heavy atom. The molecule has 0 saturated heterocycles. The first-order valence-corrected chi connectivity index (χ1v) is 5.09. The molecule has 4 heteroatoms. The topological polar surface area (TPSA) is 44.8 Å². The Kier molecular flexibility index (Phi) is 3.22. The van der Waals surface area contributed by atoms with Crippen molar-refractivity contribution in [1.82, 2.24) is 0 Å². The fourth-order valence-electron chi connectivity index (χ4n) is 1.88. The normalized spacial score (nSPS) is 19.4. The van der Waals surface area contributed by atoms with E-state index in [4.69, 9.17) is 14.2 Å². The summed E-state index contributed by atoms with van der Waals surface area (Å²) in [5.74, 6) is 0.246. The summed E-state index contributed by atoms with van der Waals surface area (Å²) in [6, 6.07) is 7.21. The molecule has 1 aliphatic rings. The summed E-state index contributed by atoms with van der Waals surface area (Å²) in [4.78, 5) is 12.1. The van der Waals surface area contributed by atoms with Crippen LogP contribution in [0, 0.1) is 5.92 Å². The van der Waals surface area contributed by atoms with Gasteiger partial charge in [0.2, 0.25) is 0 Å². The van der Waals surface area contributed by atoms with Gasteiger partial charge in [-0.1, -0.05) is 12.1 Å². The molecule has 1 aromatic carbocycles. The second-order valence-corrected chi connectivity index (χ2v) is 3.62. The van der Waals surface area contributed by atoms with E-state index in [2.05, 4.69) is 0 Å². The maximum atomic E-state index is 12.1. The van der Waals surface area contributed by atoms with Gasteiger partial charge in [0.05, 0.1) is 5.56 Å². The standard InChI is InChI=1S/C12H14O4/c1-14-12(15-2)9-7-16-10-6-4-3-5-8(10)11(9)13/h3-6,9,12H,7H2,1-2H3. The Morgan fingerprint density at radius 2 is 2.00 bits per heavy atom. The zero-order chi connectivity index (χ0) is 11.5. The summed E-state index contributed by atoms with van der Waals surface area (Å²) in [6.07, 6.45) is -0.555. The molecular weight excluding hydrogens is 208 g/mol. The monoisotopic (exact) mass is 222 g/mol. The Labute approximate surface area is 94.1 Å². The van der Waals surface area contributed by atoms with Crippen LogP contribution < -0.4 is 4.74 Å². The van der Waals surface area contributed by atoms with Gasteiger partial charge in [-0.15, -0.1) is 0 Å². The third kappa shape index (κ3) is 1.81. The van der Waals surface area contributed by atoms with Gasteiger partial charge in [-0.3, -0.25) is 4.79 Å². The minimum atomic E-state index is -0.555. The van der Waals surface area contributed by atoms with E-state index in [1.54, 1.807) is 12.1 Å². The number of carbonyl (C=O) groups excluding carboxylic acids is 1. The highest BCUT2D eigenvalue weighted by Gasteiger charge is 2.35. The number of hydrogen-bond donors (Lipinski definition) is 0. The van der Waals surface area contributed by atoms with Crippen LogP contribution in [0.2, 0.25) is 0 Å². The quantitative estimate of drug-likeness (QED) is 0.727. The molecule has 0 bridgehead atoms. The Morgan fingerprint density at radius 1 is 1.31 bits per heavy atom. The van der Waals surface area contributed by atoms with Crippen LogP contribution in [0.5, 0.6) is 5.75 Å². The predicted octanol–water partition coefficient (Wildman–Crippen LogP) is 1.50. The molecule has 0 aromatic heterocycles. The number of ketones is 1. The highest BCUT2D eigenvalue weighted by Crippen LogP contribution is 2.29. The molecule has 1 heterocycles. The van der Waals surface area contributed by atoms with E-state index in [9.17, 15) is 4.79 Å². The second-order valence-electron chi connectivity index (χ2n) is 3.62. The first kappa shape index (κ1) is 11.1. The molecule has 0 amide bonds. The van der Waals surface area contributed by atoms with Gasteiger partial charge >= 0.3 is 0 Å². The average molecular weight is 222 g/mol. The highest BCUT2D eigenvalue weighted by molar-refractivity contribution is 6.01. The molecule has 1 unspecified atom stereocenters. The maximum absolute atomic E-state index is 12.1. The van der Waals surface area contributed by atoms with Crippen LogP contribution in [0.15, 0.2) is 24.3 Å². The van der Waals surface area contributed by atoms with E-state index in [1.165, 1.54) is 14.2 Å². The van der Waals surface area contributed by atoms with Gasteiger partial charge in [0.25, 0.3) is 0 Å². The molecule has 4 nitrogen and oxygen atoms in total. The molecule has 1 atom stereocenters. The average Bonchev–Trinajstić information content (AvgIpc) is 2.34. The summed E-state index contributed by atoms with van der Waals surface area (Å²) < 4.78 is 15.7. The molecule has 0 N–H and O–H groups in total. The van der Waals surface area contributed by atoms with Crippen molar-refractivity contribution in [2.24, 2.45) is 5.92 Å². The number of hydrogen-bond acceptors (Lipinski definition) is 4. The Hall–Kier alpha value is -1.39. The summed E-state index contributed by atoms with van der Waals surface area (Å²) in [5.41, 5.74) is 0.595. The van der Waals surface area contributed by atoms with Crippen molar-refractivity contribution in [3.63, 3.8) is 0 Å². The van der Waals surface area contributed by atoms with Crippen molar-refractivity contribution in [1.29, 1.82) is 0 Å². The predicted molar refractivity (Wildman–Crippen MR) is 57.6 cm³/mol. The molecular formula is C12H14O4. The van der Waals surface area contributed by atoms with Gasteiger partial charge in [0.1, 0.15) is 18.3 Å². The number of para-hydroxylation sites is 1. The lowest BCUT2D eigenvalue weighted by molar-refractivity contribution is -0.134. The van der Waals surface area contributed by atoms with Gasteiger partial charge in [-0.05, 0) is 12.1 Å². The lowest BCUT2D eigenvalue weighted by atomic mass is 9.94. The fraction of sp³-hybridized carbons (Fsp3) is 0.417.